The molecule has 2 N–H and O–H groups in total. The zero-order valence-corrected chi connectivity index (χ0v) is 18.7. The monoisotopic (exact) mass is 455 g/mol. The first-order valence-corrected chi connectivity index (χ1v) is 11.2. The third kappa shape index (κ3) is 4.39. The van der Waals surface area contributed by atoms with Crippen molar-refractivity contribution in [3.8, 4) is 11.3 Å². The molecule has 0 radical (unpaired) electrons. The normalized spacial score (nSPS) is 21.3. The first-order valence-electron chi connectivity index (χ1n) is 11.2. The topological polar surface area (TPSA) is 93.2 Å². The molecule has 1 saturated carbocycles. The predicted octanol–water partition coefficient (Wildman–Crippen LogP) is 4.07. The Morgan fingerprint density at radius 1 is 1.21 bits per heavy atom. The van der Waals surface area contributed by atoms with Gasteiger partial charge in [0.25, 0.3) is 6.43 Å². The SMILES string of the molecule is Cc1nc2ccc(-c3ccn4nc(NCC5CCC(C)(O)CC5)ncc34)nc2n1CC(F)F. The minimum absolute atomic E-state index is 0.439. The Labute approximate surface area is 189 Å². The summed E-state index contributed by atoms with van der Waals surface area (Å²) in [7, 11) is 0. The van der Waals surface area contributed by atoms with Gasteiger partial charge in [-0.2, -0.15) is 0 Å². The Bertz CT molecular complexity index is 1290. The molecule has 1 aliphatic carbocycles. The lowest BCUT2D eigenvalue weighted by Crippen LogP contribution is -2.32. The summed E-state index contributed by atoms with van der Waals surface area (Å²) in [5.41, 5.74) is 2.74. The van der Waals surface area contributed by atoms with Crippen LogP contribution in [0.3, 0.4) is 0 Å². The molecule has 4 aromatic heterocycles. The molecule has 174 valence electrons. The summed E-state index contributed by atoms with van der Waals surface area (Å²) in [4.78, 5) is 13.4. The average Bonchev–Trinajstić information content (AvgIpc) is 3.33. The number of halogens is 2. The van der Waals surface area contributed by atoms with Gasteiger partial charge in [-0.1, -0.05) is 0 Å². The molecule has 33 heavy (non-hydrogen) atoms. The molecule has 0 aliphatic heterocycles. The van der Waals surface area contributed by atoms with Crippen LogP contribution in [0.4, 0.5) is 14.7 Å². The summed E-state index contributed by atoms with van der Waals surface area (Å²) in [6.07, 6.45) is 4.67. The Morgan fingerprint density at radius 2 is 2.00 bits per heavy atom. The molecule has 0 spiro atoms. The summed E-state index contributed by atoms with van der Waals surface area (Å²) >= 11 is 0. The van der Waals surface area contributed by atoms with E-state index in [1.54, 1.807) is 23.7 Å². The van der Waals surface area contributed by atoms with Gasteiger partial charge in [0.05, 0.1) is 29.6 Å². The van der Waals surface area contributed by atoms with Gasteiger partial charge in [0.15, 0.2) is 5.65 Å². The maximum absolute atomic E-state index is 13.0. The number of alkyl halides is 2. The summed E-state index contributed by atoms with van der Waals surface area (Å²) < 4.78 is 29.2. The molecule has 0 unspecified atom stereocenters. The van der Waals surface area contributed by atoms with Crippen molar-refractivity contribution < 1.29 is 13.9 Å². The number of nitrogens with zero attached hydrogens (tertiary/aromatic N) is 6. The molecule has 4 aromatic rings. The van der Waals surface area contributed by atoms with E-state index in [1.165, 1.54) is 4.57 Å². The van der Waals surface area contributed by atoms with Crippen LogP contribution in [0.25, 0.3) is 27.9 Å². The van der Waals surface area contributed by atoms with Crippen LogP contribution in [0.2, 0.25) is 0 Å². The number of aromatic nitrogens is 6. The van der Waals surface area contributed by atoms with Gasteiger partial charge in [0, 0.05) is 18.3 Å². The first kappa shape index (κ1) is 21.7. The number of aliphatic hydroxyl groups is 1. The van der Waals surface area contributed by atoms with Crippen LogP contribution in [0.1, 0.15) is 38.4 Å². The number of aryl methyl sites for hydroxylation is 1. The highest BCUT2D eigenvalue weighted by Gasteiger charge is 2.28. The van der Waals surface area contributed by atoms with E-state index in [-0.39, 0.29) is 0 Å². The number of imidazole rings is 1. The number of fused-ring (bicyclic) bond motifs is 2. The number of nitrogens with one attached hydrogen (secondary N) is 1. The van der Waals surface area contributed by atoms with Crippen molar-refractivity contribution in [1.29, 1.82) is 0 Å². The third-order valence-corrected chi connectivity index (χ3v) is 6.53. The van der Waals surface area contributed by atoms with Crippen molar-refractivity contribution in [2.45, 2.75) is 58.1 Å². The van der Waals surface area contributed by atoms with Gasteiger partial charge in [-0.25, -0.2) is 28.2 Å². The molecule has 1 aliphatic rings. The van der Waals surface area contributed by atoms with Crippen molar-refractivity contribution in [3.63, 3.8) is 0 Å². The smallest absolute Gasteiger partial charge is 0.256 e. The number of rotatable bonds is 6. The van der Waals surface area contributed by atoms with Crippen LogP contribution in [0.15, 0.2) is 30.6 Å². The highest BCUT2D eigenvalue weighted by atomic mass is 19.3. The molecule has 8 nitrogen and oxygen atoms in total. The largest absolute Gasteiger partial charge is 0.390 e. The standard InChI is InChI=1S/C23H27F2N7O/c1-14-28-18-4-3-17(29-21(18)31(14)13-20(24)25)16-7-10-32-19(16)12-27-22(30-32)26-11-15-5-8-23(2,33)9-6-15/h3-4,7,10,12,15,20,33H,5-6,8-9,11,13H2,1-2H3,(H,26,30). The lowest BCUT2D eigenvalue weighted by atomic mass is 9.80. The zero-order chi connectivity index (χ0) is 23.2. The summed E-state index contributed by atoms with van der Waals surface area (Å²) in [5, 5.41) is 18.0. The molecular formula is C23H27F2N7O. The second-order valence-corrected chi connectivity index (χ2v) is 9.16. The fourth-order valence-electron chi connectivity index (χ4n) is 4.56. The molecule has 5 rings (SSSR count). The van der Waals surface area contributed by atoms with Gasteiger partial charge in [-0.05, 0) is 63.6 Å². The average molecular weight is 456 g/mol. The zero-order valence-electron chi connectivity index (χ0n) is 18.7. The van der Waals surface area contributed by atoms with Crippen molar-refractivity contribution in [1.82, 2.24) is 29.1 Å². The van der Waals surface area contributed by atoms with E-state index in [0.29, 0.717) is 34.5 Å². The molecule has 10 heteroatoms. The van der Waals surface area contributed by atoms with Crippen molar-refractivity contribution in [3.05, 3.63) is 36.4 Å². The van der Waals surface area contributed by atoms with Crippen LogP contribution in [-0.2, 0) is 6.54 Å². The second kappa shape index (κ2) is 8.33. The van der Waals surface area contributed by atoms with Crippen molar-refractivity contribution in [2.75, 3.05) is 11.9 Å². The van der Waals surface area contributed by atoms with Crippen molar-refractivity contribution >= 4 is 22.6 Å². The molecule has 4 heterocycles. The molecule has 1 fully saturated rings. The molecule has 0 saturated heterocycles. The number of hydrogen-bond donors (Lipinski definition) is 2. The number of pyridine rings is 1. The fourth-order valence-corrected chi connectivity index (χ4v) is 4.56. The van der Waals surface area contributed by atoms with Crippen LogP contribution in [0, 0.1) is 12.8 Å². The first-order chi connectivity index (χ1) is 15.8. The van der Waals surface area contributed by atoms with Crippen LogP contribution >= 0.6 is 0 Å². The Kier molecular flexibility index (Phi) is 5.48. The molecule has 0 amide bonds. The molecular weight excluding hydrogens is 428 g/mol. The molecule has 0 aromatic carbocycles. The van der Waals surface area contributed by atoms with Crippen LogP contribution in [0.5, 0.6) is 0 Å². The fraction of sp³-hybridized carbons (Fsp3) is 0.478. The van der Waals surface area contributed by atoms with Crippen LogP contribution in [-0.4, -0.2) is 52.8 Å². The van der Waals surface area contributed by atoms with Gasteiger partial charge < -0.3 is 15.0 Å². The van der Waals surface area contributed by atoms with E-state index in [4.69, 9.17) is 0 Å². The van der Waals surface area contributed by atoms with Gasteiger partial charge in [-0.15, -0.1) is 5.10 Å². The summed E-state index contributed by atoms with van der Waals surface area (Å²) in [6, 6.07) is 5.53. The predicted molar refractivity (Wildman–Crippen MR) is 121 cm³/mol. The minimum atomic E-state index is -2.48. The third-order valence-electron chi connectivity index (χ3n) is 6.53. The van der Waals surface area contributed by atoms with Crippen LogP contribution < -0.4 is 5.32 Å². The highest BCUT2D eigenvalue weighted by molar-refractivity contribution is 5.82. The van der Waals surface area contributed by atoms with E-state index in [1.807, 2.05) is 25.3 Å². The Morgan fingerprint density at radius 3 is 2.76 bits per heavy atom. The minimum Gasteiger partial charge on any atom is -0.390 e. The second-order valence-electron chi connectivity index (χ2n) is 9.16. The highest BCUT2D eigenvalue weighted by Crippen LogP contribution is 2.32. The Hall–Kier alpha value is -3.14. The van der Waals surface area contributed by atoms with Gasteiger partial charge >= 0.3 is 0 Å². The van der Waals surface area contributed by atoms with Gasteiger partial charge in [0.1, 0.15) is 11.3 Å². The lowest BCUT2D eigenvalue weighted by Gasteiger charge is -2.33. The number of hydrogen-bond acceptors (Lipinski definition) is 6. The Balaban J connectivity index is 1.37. The van der Waals surface area contributed by atoms with E-state index in [0.717, 1.165) is 43.3 Å². The number of anilines is 1. The quantitative estimate of drug-likeness (QED) is 0.455. The maximum atomic E-state index is 13.0. The maximum Gasteiger partial charge on any atom is 0.256 e. The van der Waals surface area contributed by atoms with E-state index in [2.05, 4.69) is 25.4 Å². The van der Waals surface area contributed by atoms with E-state index in [9.17, 15) is 13.9 Å². The van der Waals surface area contributed by atoms with Gasteiger partial charge in [0.2, 0.25) is 5.95 Å². The van der Waals surface area contributed by atoms with E-state index >= 15 is 0 Å². The molecule has 0 bridgehead atoms. The van der Waals surface area contributed by atoms with Crippen molar-refractivity contribution in [2.24, 2.45) is 5.92 Å². The lowest BCUT2D eigenvalue weighted by molar-refractivity contribution is 0.00975. The van der Waals surface area contributed by atoms with Gasteiger partial charge in [-0.3, -0.25) is 0 Å². The summed E-state index contributed by atoms with van der Waals surface area (Å²) in [6.45, 7) is 3.93. The summed E-state index contributed by atoms with van der Waals surface area (Å²) in [5.74, 6) is 1.54. The van der Waals surface area contributed by atoms with E-state index < -0.39 is 18.6 Å². The molecule has 0 atom stereocenters.